The van der Waals surface area contributed by atoms with E-state index in [1.807, 2.05) is 6.07 Å². The first-order valence-corrected chi connectivity index (χ1v) is 8.52. The highest BCUT2D eigenvalue weighted by atomic mass is 19.4. The summed E-state index contributed by atoms with van der Waals surface area (Å²) in [5, 5.41) is 2.61. The van der Waals surface area contributed by atoms with Crippen LogP contribution in [0.3, 0.4) is 0 Å². The van der Waals surface area contributed by atoms with Crippen LogP contribution in [0, 0.1) is 0 Å². The number of nitrogens with one attached hydrogen (secondary N) is 1. The molecule has 2 amide bonds. The SMILES string of the molecule is O=C(NC1CCCN(C(=O)c2ccccc2)C1)c1cnccc1C(F)(F)F. The zero-order valence-corrected chi connectivity index (χ0v) is 14.4. The molecule has 8 heteroatoms. The number of pyridine rings is 1. The summed E-state index contributed by atoms with van der Waals surface area (Å²) in [6, 6.07) is 9.10. The van der Waals surface area contributed by atoms with Gasteiger partial charge < -0.3 is 10.2 Å². The Labute approximate surface area is 154 Å². The van der Waals surface area contributed by atoms with Gasteiger partial charge in [0.25, 0.3) is 11.8 Å². The van der Waals surface area contributed by atoms with Gasteiger partial charge in [0.1, 0.15) is 0 Å². The summed E-state index contributed by atoms with van der Waals surface area (Å²) in [5.41, 5.74) is -1.00. The number of hydrogen-bond acceptors (Lipinski definition) is 3. The molecule has 0 saturated carbocycles. The van der Waals surface area contributed by atoms with Crippen molar-refractivity contribution in [1.29, 1.82) is 0 Å². The maximum absolute atomic E-state index is 13.1. The molecule has 27 heavy (non-hydrogen) atoms. The molecule has 3 rings (SSSR count). The number of amides is 2. The van der Waals surface area contributed by atoms with Gasteiger partial charge in [0.2, 0.25) is 0 Å². The second-order valence-corrected chi connectivity index (χ2v) is 6.35. The number of halogens is 3. The van der Waals surface area contributed by atoms with E-state index in [1.54, 1.807) is 29.2 Å². The molecule has 5 nitrogen and oxygen atoms in total. The molecule has 0 bridgehead atoms. The summed E-state index contributed by atoms with van der Waals surface area (Å²) in [4.78, 5) is 30.2. The van der Waals surface area contributed by atoms with Gasteiger partial charge in [-0.15, -0.1) is 0 Å². The molecule has 1 atom stereocenters. The molecule has 1 aromatic carbocycles. The van der Waals surface area contributed by atoms with Crippen LogP contribution in [-0.2, 0) is 6.18 Å². The number of nitrogens with zero attached hydrogens (tertiary/aromatic N) is 2. The van der Waals surface area contributed by atoms with Crippen molar-refractivity contribution in [3.8, 4) is 0 Å². The predicted molar refractivity (Wildman–Crippen MR) is 92.1 cm³/mol. The third-order valence-corrected chi connectivity index (χ3v) is 4.44. The molecule has 1 aliphatic rings. The van der Waals surface area contributed by atoms with Crippen LogP contribution in [0.4, 0.5) is 13.2 Å². The molecule has 0 radical (unpaired) electrons. The van der Waals surface area contributed by atoms with Crippen molar-refractivity contribution in [3.05, 3.63) is 65.5 Å². The Morgan fingerprint density at radius 3 is 2.59 bits per heavy atom. The Morgan fingerprint density at radius 1 is 1.15 bits per heavy atom. The number of carbonyl (C=O) groups excluding carboxylic acids is 2. The number of likely N-dealkylation sites (tertiary alicyclic amines) is 1. The Morgan fingerprint density at radius 2 is 1.89 bits per heavy atom. The highest BCUT2D eigenvalue weighted by molar-refractivity contribution is 5.96. The monoisotopic (exact) mass is 377 g/mol. The molecule has 2 aromatic rings. The van der Waals surface area contributed by atoms with Crippen molar-refractivity contribution in [1.82, 2.24) is 15.2 Å². The maximum atomic E-state index is 13.1. The molecule has 1 saturated heterocycles. The number of piperidine rings is 1. The summed E-state index contributed by atoms with van der Waals surface area (Å²) in [6.07, 6.45) is -1.49. The number of alkyl halides is 3. The first-order valence-electron chi connectivity index (χ1n) is 8.52. The van der Waals surface area contributed by atoms with Crippen LogP contribution in [-0.4, -0.2) is 40.8 Å². The van der Waals surface area contributed by atoms with Crippen LogP contribution in [0.2, 0.25) is 0 Å². The molecule has 1 unspecified atom stereocenters. The summed E-state index contributed by atoms with van der Waals surface area (Å²) >= 11 is 0. The summed E-state index contributed by atoms with van der Waals surface area (Å²) in [6.45, 7) is 0.794. The molecule has 0 aliphatic carbocycles. The van der Waals surface area contributed by atoms with E-state index >= 15 is 0 Å². The van der Waals surface area contributed by atoms with Gasteiger partial charge in [0.05, 0.1) is 11.1 Å². The number of carbonyl (C=O) groups is 2. The van der Waals surface area contributed by atoms with Gasteiger partial charge in [-0.25, -0.2) is 0 Å². The van der Waals surface area contributed by atoms with Gasteiger partial charge >= 0.3 is 6.18 Å². The highest BCUT2D eigenvalue weighted by Crippen LogP contribution is 2.31. The van der Waals surface area contributed by atoms with E-state index in [4.69, 9.17) is 0 Å². The maximum Gasteiger partial charge on any atom is 0.417 e. The van der Waals surface area contributed by atoms with E-state index in [2.05, 4.69) is 10.3 Å². The minimum absolute atomic E-state index is 0.160. The van der Waals surface area contributed by atoms with Crippen LogP contribution in [0.25, 0.3) is 0 Å². The number of rotatable bonds is 3. The molecular formula is C19H18F3N3O2. The molecule has 2 heterocycles. The van der Waals surface area contributed by atoms with Crippen molar-refractivity contribution in [2.75, 3.05) is 13.1 Å². The standard InChI is InChI=1S/C19H18F3N3O2/c20-19(21,22)16-8-9-23-11-15(16)17(26)24-14-7-4-10-25(12-14)18(27)13-5-2-1-3-6-13/h1-3,5-6,8-9,11,14H,4,7,10,12H2,(H,24,26). The minimum atomic E-state index is -4.64. The van der Waals surface area contributed by atoms with Crippen LogP contribution >= 0.6 is 0 Å². The minimum Gasteiger partial charge on any atom is -0.347 e. The average Bonchev–Trinajstić information content (AvgIpc) is 2.67. The third kappa shape index (κ3) is 4.45. The van der Waals surface area contributed by atoms with Crippen LogP contribution in [0.15, 0.2) is 48.8 Å². The number of hydrogen-bond donors (Lipinski definition) is 1. The lowest BCUT2D eigenvalue weighted by molar-refractivity contribution is -0.138. The van der Waals surface area contributed by atoms with Crippen LogP contribution < -0.4 is 5.32 Å². The van der Waals surface area contributed by atoms with E-state index in [0.29, 0.717) is 24.9 Å². The molecule has 1 N–H and O–H groups in total. The second-order valence-electron chi connectivity index (χ2n) is 6.35. The Hall–Kier alpha value is -2.90. The van der Waals surface area contributed by atoms with E-state index < -0.39 is 29.3 Å². The summed E-state index contributed by atoms with van der Waals surface area (Å²) in [5.74, 6) is -0.999. The van der Waals surface area contributed by atoms with Gasteiger partial charge in [-0.2, -0.15) is 13.2 Å². The average molecular weight is 377 g/mol. The topological polar surface area (TPSA) is 62.3 Å². The Bertz CT molecular complexity index is 824. The van der Waals surface area contributed by atoms with E-state index in [0.717, 1.165) is 18.5 Å². The molecule has 142 valence electrons. The van der Waals surface area contributed by atoms with Crippen molar-refractivity contribution < 1.29 is 22.8 Å². The Kier molecular flexibility index (Phi) is 5.43. The van der Waals surface area contributed by atoms with E-state index in [9.17, 15) is 22.8 Å². The fourth-order valence-corrected chi connectivity index (χ4v) is 3.13. The van der Waals surface area contributed by atoms with Crippen LogP contribution in [0.5, 0.6) is 0 Å². The first-order chi connectivity index (χ1) is 12.9. The van der Waals surface area contributed by atoms with E-state index in [-0.39, 0.29) is 12.5 Å². The van der Waals surface area contributed by atoms with Crippen molar-refractivity contribution in [2.45, 2.75) is 25.1 Å². The third-order valence-electron chi connectivity index (χ3n) is 4.44. The van der Waals surface area contributed by atoms with Crippen molar-refractivity contribution in [2.24, 2.45) is 0 Å². The fraction of sp³-hybridized carbons (Fsp3) is 0.316. The number of aromatic nitrogens is 1. The van der Waals surface area contributed by atoms with Gasteiger partial charge in [0, 0.05) is 37.1 Å². The molecule has 1 fully saturated rings. The molecule has 1 aromatic heterocycles. The Balaban J connectivity index is 1.70. The van der Waals surface area contributed by atoms with Gasteiger partial charge in [0.15, 0.2) is 0 Å². The van der Waals surface area contributed by atoms with E-state index in [1.165, 1.54) is 0 Å². The molecule has 0 spiro atoms. The predicted octanol–water partition coefficient (Wildman–Crippen LogP) is 3.14. The highest BCUT2D eigenvalue weighted by Gasteiger charge is 2.36. The fourth-order valence-electron chi connectivity index (χ4n) is 3.13. The largest absolute Gasteiger partial charge is 0.417 e. The molecular weight excluding hydrogens is 359 g/mol. The van der Waals surface area contributed by atoms with Crippen molar-refractivity contribution >= 4 is 11.8 Å². The zero-order chi connectivity index (χ0) is 19.4. The first kappa shape index (κ1) is 18.9. The smallest absolute Gasteiger partial charge is 0.347 e. The zero-order valence-electron chi connectivity index (χ0n) is 14.4. The van der Waals surface area contributed by atoms with Gasteiger partial charge in [-0.1, -0.05) is 18.2 Å². The lowest BCUT2D eigenvalue weighted by Crippen LogP contribution is -2.49. The lowest BCUT2D eigenvalue weighted by atomic mass is 10.0. The molecule has 1 aliphatic heterocycles. The van der Waals surface area contributed by atoms with Gasteiger partial charge in [-0.05, 0) is 31.0 Å². The van der Waals surface area contributed by atoms with Gasteiger partial charge in [-0.3, -0.25) is 14.6 Å². The lowest BCUT2D eigenvalue weighted by Gasteiger charge is -2.33. The normalized spacial score (nSPS) is 17.4. The number of benzene rings is 1. The summed E-state index contributed by atoms with van der Waals surface area (Å²) < 4.78 is 39.2. The van der Waals surface area contributed by atoms with Crippen molar-refractivity contribution in [3.63, 3.8) is 0 Å². The second kappa shape index (κ2) is 7.77. The van der Waals surface area contributed by atoms with Crippen LogP contribution in [0.1, 0.15) is 39.1 Å². The quantitative estimate of drug-likeness (QED) is 0.894. The summed E-state index contributed by atoms with van der Waals surface area (Å²) in [7, 11) is 0.